The number of rotatable bonds is 6. The number of nitrogens with zero attached hydrogens (tertiary/aromatic N) is 1. The molecular weight excluding hydrogens is 408 g/mol. The molecular formula is C22H27ClN2O3S. The van der Waals surface area contributed by atoms with E-state index in [4.69, 9.17) is 11.6 Å². The minimum Gasteiger partial charge on any atom is -0.326 e. The van der Waals surface area contributed by atoms with Crippen molar-refractivity contribution in [3.63, 3.8) is 0 Å². The molecule has 1 heterocycles. The smallest absolute Gasteiger partial charge is 0.228 e. The lowest BCUT2D eigenvalue weighted by Gasteiger charge is -2.31. The summed E-state index contributed by atoms with van der Waals surface area (Å²) in [7, 11) is -3.54. The van der Waals surface area contributed by atoms with Gasteiger partial charge in [-0.05, 0) is 48.1 Å². The van der Waals surface area contributed by atoms with E-state index in [0.717, 1.165) is 5.69 Å². The van der Waals surface area contributed by atoms with E-state index in [9.17, 15) is 13.2 Å². The molecule has 2 aromatic carbocycles. The topological polar surface area (TPSA) is 66.5 Å². The third kappa shape index (κ3) is 5.59. The normalized spacial score (nSPS) is 18.0. The highest BCUT2D eigenvalue weighted by Gasteiger charge is 2.32. The molecule has 0 saturated carbocycles. The van der Waals surface area contributed by atoms with Crippen molar-refractivity contribution < 1.29 is 13.2 Å². The zero-order valence-electron chi connectivity index (χ0n) is 16.8. The number of sulfonamides is 1. The summed E-state index contributed by atoms with van der Waals surface area (Å²) in [6, 6.07) is 14.7. The first-order chi connectivity index (χ1) is 13.8. The van der Waals surface area contributed by atoms with Gasteiger partial charge in [-0.1, -0.05) is 55.8 Å². The van der Waals surface area contributed by atoms with Crippen LogP contribution in [0.3, 0.4) is 0 Å². The number of hydrogen-bond donors (Lipinski definition) is 1. The fourth-order valence-corrected chi connectivity index (χ4v) is 5.43. The van der Waals surface area contributed by atoms with Crippen LogP contribution in [0.15, 0.2) is 48.5 Å². The number of piperidine rings is 1. The highest BCUT2D eigenvalue weighted by Crippen LogP contribution is 2.25. The maximum Gasteiger partial charge on any atom is 0.228 e. The fraction of sp³-hybridized carbons (Fsp3) is 0.409. The van der Waals surface area contributed by atoms with E-state index >= 15 is 0 Å². The first-order valence-electron chi connectivity index (χ1n) is 9.88. The second-order valence-corrected chi connectivity index (χ2v) is 10.2. The van der Waals surface area contributed by atoms with Crippen LogP contribution < -0.4 is 5.32 Å². The Labute approximate surface area is 178 Å². The number of hydrogen-bond acceptors (Lipinski definition) is 3. The van der Waals surface area contributed by atoms with Gasteiger partial charge in [0, 0.05) is 23.8 Å². The minimum atomic E-state index is -3.54. The lowest BCUT2D eigenvalue weighted by atomic mass is 9.98. The Hall–Kier alpha value is -1.89. The molecule has 0 aromatic heterocycles. The molecule has 5 nitrogen and oxygen atoms in total. The molecule has 1 N–H and O–H groups in total. The van der Waals surface area contributed by atoms with E-state index in [2.05, 4.69) is 19.2 Å². The van der Waals surface area contributed by atoms with Crippen LogP contribution in [-0.4, -0.2) is 31.7 Å². The van der Waals surface area contributed by atoms with Gasteiger partial charge in [0.05, 0.1) is 11.7 Å². The van der Waals surface area contributed by atoms with Crippen LogP contribution in [0.2, 0.25) is 5.02 Å². The van der Waals surface area contributed by atoms with Crippen molar-refractivity contribution in [2.75, 3.05) is 18.4 Å². The molecule has 1 saturated heterocycles. The van der Waals surface area contributed by atoms with E-state index in [1.807, 2.05) is 24.3 Å². The van der Waals surface area contributed by atoms with Crippen LogP contribution in [0.25, 0.3) is 0 Å². The summed E-state index contributed by atoms with van der Waals surface area (Å²) in [4.78, 5) is 12.7. The maximum absolute atomic E-state index is 12.9. The average molecular weight is 435 g/mol. The Morgan fingerprint density at radius 3 is 2.52 bits per heavy atom. The Kier molecular flexibility index (Phi) is 6.98. The molecule has 1 fully saturated rings. The third-order valence-electron chi connectivity index (χ3n) is 5.29. The number of anilines is 1. The van der Waals surface area contributed by atoms with Crippen LogP contribution in [0.4, 0.5) is 5.69 Å². The van der Waals surface area contributed by atoms with Crippen molar-refractivity contribution >= 4 is 33.2 Å². The second kappa shape index (κ2) is 9.28. The summed E-state index contributed by atoms with van der Waals surface area (Å²) >= 11 is 6.12. The van der Waals surface area contributed by atoms with Crippen LogP contribution in [0.1, 0.15) is 43.7 Å². The van der Waals surface area contributed by atoms with Crippen molar-refractivity contribution in [2.45, 2.75) is 38.4 Å². The molecule has 7 heteroatoms. The Morgan fingerprint density at radius 1 is 1.17 bits per heavy atom. The first-order valence-corrected chi connectivity index (χ1v) is 11.9. The van der Waals surface area contributed by atoms with Crippen LogP contribution in [-0.2, 0) is 20.6 Å². The largest absolute Gasteiger partial charge is 0.326 e. The minimum absolute atomic E-state index is 0.139. The molecule has 3 rings (SSSR count). The van der Waals surface area contributed by atoms with Gasteiger partial charge in [0.1, 0.15) is 0 Å². The van der Waals surface area contributed by atoms with Gasteiger partial charge in [-0.2, -0.15) is 0 Å². The van der Waals surface area contributed by atoms with Crippen molar-refractivity contribution in [1.29, 1.82) is 0 Å². The Morgan fingerprint density at radius 2 is 1.86 bits per heavy atom. The zero-order valence-corrected chi connectivity index (χ0v) is 18.3. The predicted molar refractivity (Wildman–Crippen MR) is 118 cm³/mol. The molecule has 1 atom stereocenters. The molecule has 0 radical (unpaired) electrons. The van der Waals surface area contributed by atoms with Crippen molar-refractivity contribution in [1.82, 2.24) is 4.31 Å². The molecule has 1 amide bonds. The number of nitrogens with one attached hydrogen (secondary N) is 1. The van der Waals surface area contributed by atoms with Gasteiger partial charge >= 0.3 is 0 Å². The van der Waals surface area contributed by atoms with E-state index in [0.29, 0.717) is 35.9 Å². The van der Waals surface area contributed by atoms with Gasteiger partial charge in [-0.15, -0.1) is 0 Å². The van der Waals surface area contributed by atoms with E-state index in [-0.39, 0.29) is 24.1 Å². The van der Waals surface area contributed by atoms with Gasteiger partial charge in [0.25, 0.3) is 0 Å². The van der Waals surface area contributed by atoms with E-state index < -0.39 is 10.0 Å². The number of benzene rings is 2. The van der Waals surface area contributed by atoms with Gasteiger partial charge in [0.2, 0.25) is 15.9 Å². The van der Waals surface area contributed by atoms with Gasteiger partial charge < -0.3 is 5.32 Å². The zero-order chi connectivity index (χ0) is 21.0. The monoisotopic (exact) mass is 434 g/mol. The Bertz CT molecular complexity index is 958. The van der Waals surface area contributed by atoms with E-state index in [1.54, 1.807) is 24.3 Å². The second-order valence-electron chi connectivity index (χ2n) is 7.81. The van der Waals surface area contributed by atoms with Gasteiger partial charge in [0.15, 0.2) is 0 Å². The summed E-state index contributed by atoms with van der Waals surface area (Å²) < 4.78 is 27.2. The fourth-order valence-electron chi connectivity index (χ4n) is 3.51. The Balaban J connectivity index is 1.64. The molecule has 29 heavy (non-hydrogen) atoms. The SMILES string of the molecule is CC(C)c1ccc(NC(=O)[C@@H]2CCCN(S(=O)(=O)Cc3ccccc3Cl)C2)cc1. The lowest BCUT2D eigenvalue weighted by Crippen LogP contribution is -2.44. The van der Waals surface area contributed by atoms with Crippen molar-refractivity contribution in [3.8, 4) is 0 Å². The standard InChI is InChI=1S/C22H27ClN2O3S/c1-16(2)17-9-11-20(12-10-17)24-22(26)18-7-5-13-25(14-18)29(27,28)15-19-6-3-4-8-21(19)23/h3-4,6,8-12,16,18H,5,7,13-15H2,1-2H3,(H,24,26)/t18-/m1/s1. The lowest BCUT2D eigenvalue weighted by molar-refractivity contribution is -0.120. The number of amides is 1. The molecule has 0 unspecified atom stereocenters. The molecule has 0 bridgehead atoms. The first kappa shape index (κ1) is 21.8. The quantitative estimate of drug-likeness (QED) is 0.719. The third-order valence-corrected chi connectivity index (χ3v) is 7.45. The molecule has 1 aliphatic heterocycles. The van der Waals surface area contributed by atoms with Crippen molar-refractivity contribution in [3.05, 3.63) is 64.7 Å². The molecule has 0 aliphatic carbocycles. The van der Waals surface area contributed by atoms with Gasteiger partial charge in [-0.25, -0.2) is 12.7 Å². The van der Waals surface area contributed by atoms with Crippen molar-refractivity contribution in [2.24, 2.45) is 5.92 Å². The summed E-state index contributed by atoms with van der Waals surface area (Å²) in [5, 5.41) is 3.36. The van der Waals surface area contributed by atoms with Crippen LogP contribution >= 0.6 is 11.6 Å². The highest BCUT2D eigenvalue weighted by atomic mass is 35.5. The number of carbonyl (C=O) groups excluding carboxylic acids is 1. The molecule has 2 aromatic rings. The number of halogens is 1. The molecule has 1 aliphatic rings. The molecule has 156 valence electrons. The van der Waals surface area contributed by atoms with Crippen LogP contribution in [0, 0.1) is 5.92 Å². The highest BCUT2D eigenvalue weighted by molar-refractivity contribution is 7.88. The average Bonchev–Trinajstić information content (AvgIpc) is 2.70. The van der Waals surface area contributed by atoms with E-state index in [1.165, 1.54) is 9.87 Å². The summed E-state index contributed by atoms with van der Waals surface area (Å²) in [5.74, 6) is -0.234. The maximum atomic E-state index is 12.9. The van der Waals surface area contributed by atoms with Gasteiger partial charge in [-0.3, -0.25) is 4.79 Å². The summed E-state index contributed by atoms with van der Waals surface area (Å²) in [6.07, 6.45) is 1.33. The summed E-state index contributed by atoms with van der Waals surface area (Å²) in [6.45, 7) is 4.86. The molecule has 0 spiro atoms. The summed E-state index contributed by atoms with van der Waals surface area (Å²) in [5.41, 5.74) is 2.51. The number of carbonyl (C=O) groups is 1. The van der Waals surface area contributed by atoms with Crippen LogP contribution in [0.5, 0.6) is 0 Å². The predicted octanol–water partition coefficient (Wildman–Crippen LogP) is 4.64.